The number of thioether (sulfide) groups is 1. The Bertz CT molecular complexity index is 1030. The van der Waals surface area contributed by atoms with E-state index in [1.165, 1.54) is 11.8 Å². The smallest absolute Gasteiger partial charge is 0.259 e. The number of anilines is 2. The van der Waals surface area contributed by atoms with Gasteiger partial charge in [-0.1, -0.05) is 70.0 Å². The summed E-state index contributed by atoms with van der Waals surface area (Å²) in [5, 5.41) is 14.6. The first-order chi connectivity index (χ1) is 13.4. The lowest BCUT2D eigenvalue weighted by molar-refractivity contribution is -0.113. The van der Waals surface area contributed by atoms with Crippen molar-refractivity contribution >= 4 is 80.5 Å². The third-order valence-corrected chi connectivity index (χ3v) is 6.32. The van der Waals surface area contributed by atoms with Gasteiger partial charge >= 0.3 is 0 Å². The molecule has 0 atom stereocenters. The Kier molecular flexibility index (Phi) is 7.14. The summed E-state index contributed by atoms with van der Waals surface area (Å²) in [5.41, 5.74) is 0.888. The van der Waals surface area contributed by atoms with Gasteiger partial charge in [-0.3, -0.25) is 14.9 Å². The Morgan fingerprint density at radius 3 is 2.50 bits per heavy atom. The van der Waals surface area contributed by atoms with Gasteiger partial charge in [-0.25, -0.2) is 0 Å². The zero-order valence-corrected chi connectivity index (χ0v) is 17.8. The van der Waals surface area contributed by atoms with Crippen molar-refractivity contribution < 1.29 is 9.59 Å². The van der Waals surface area contributed by atoms with E-state index in [0.29, 0.717) is 35.8 Å². The molecule has 1 heterocycles. The largest absolute Gasteiger partial charge is 0.325 e. The molecule has 2 aromatic carbocycles. The van der Waals surface area contributed by atoms with Crippen LogP contribution in [0.1, 0.15) is 10.4 Å². The number of carbonyl (C=O) groups excluding carboxylic acids is 2. The summed E-state index contributed by atoms with van der Waals surface area (Å²) in [6.45, 7) is 0. The normalized spacial score (nSPS) is 10.5. The van der Waals surface area contributed by atoms with Crippen molar-refractivity contribution in [3.05, 3.63) is 63.1 Å². The molecule has 2 N–H and O–H groups in total. The van der Waals surface area contributed by atoms with Gasteiger partial charge in [-0.05, 0) is 30.3 Å². The lowest BCUT2D eigenvalue weighted by Crippen LogP contribution is -2.13. The van der Waals surface area contributed by atoms with Gasteiger partial charge in [0, 0.05) is 5.69 Å². The Morgan fingerprint density at radius 1 is 0.964 bits per heavy atom. The Labute approximate surface area is 183 Å². The molecular formula is C17H11Cl3N4O2S2. The van der Waals surface area contributed by atoms with E-state index in [-0.39, 0.29) is 17.6 Å². The molecule has 144 valence electrons. The summed E-state index contributed by atoms with van der Waals surface area (Å²) in [7, 11) is 0. The number of hydrogen-bond acceptors (Lipinski definition) is 6. The Morgan fingerprint density at radius 2 is 1.75 bits per heavy atom. The van der Waals surface area contributed by atoms with Crippen molar-refractivity contribution in [3.63, 3.8) is 0 Å². The number of carbonyl (C=O) groups is 2. The zero-order chi connectivity index (χ0) is 20.1. The molecule has 0 saturated carbocycles. The molecule has 0 unspecified atom stereocenters. The maximum absolute atomic E-state index is 12.2. The SMILES string of the molecule is O=C(CSc1nnc(NC(=O)c2ccccc2Cl)s1)Nc1ccc(Cl)c(Cl)c1. The molecule has 0 fully saturated rings. The first kappa shape index (κ1) is 20.9. The second kappa shape index (κ2) is 9.58. The van der Waals surface area contributed by atoms with Gasteiger partial charge in [0.2, 0.25) is 11.0 Å². The molecule has 3 aromatic rings. The van der Waals surface area contributed by atoms with Gasteiger partial charge in [0.1, 0.15) is 0 Å². The maximum atomic E-state index is 12.2. The van der Waals surface area contributed by atoms with E-state index in [2.05, 4.69) is 20.8 Å². The quantitative estimate of drug-likeness (QED) is 0.366. The van der Waals surface area contributed by atoms with Crippen molar-refractivity contribution in [1.29, 1.82) is 0 Å². The van der Waals surface area contributed by atoms with Crippen molar-refractivity contribution in [2.75, 3.05) is 16.4 Å². The fourth-order valence-electron chi connectivity index (χ4n) is 2.03. The average Bonchev–Trinajstić information content (AvgIpc) is 3.11. The highest BCUT2D eigenvalue weighted by Crippen LogP contribution is 2.28. The lowest BCUT2D eigenvalue weighted by atomic mass is 10.2. The highest BCUT2D eigenvalue weighted by molar-refractivity contribution is 8.01. The minimum absolute atomic E-state index is 0.118. The van der Waals surface area contributed by atoms with Crippen LogP contribution in [0.4, 0.5) is 10.8 Å². The topological polar surface area (TPSA) is 84.0 Å². The van der Waals surface area contributed by atoms with Crippen LogP contribution in [-0.2, 0) is 4.79 Å². The molecule has 3 rings (SSSR count). The van der Waals surface area contributed by atoms with Crippen LogP contribution in [0.5, 0.6) is 0 Å². The predicted octanol–water partition coefficient (Wildman–Crippen LogP) is 5.48. The molecule has 0 bridgehead atoms. The molecule has 0 saturated heterocycles. The summed E-state index contributed by atoms with van der Waals surface area (Å²) in [6, 6.07) is 11.5. The maximum Gasteiger partial charge on any atom is 0.259 e. The van der Waals surface area contributed by atoms with Crippen LogP contribution in [0.2, 0.25) is 15.1 Å². The standard InChI is InChI=1S/C17H11Cl3N4O2S2/c18-11-4-2-1-3-10(11)15(26)22-16-23-24-17(28-16)27-8-14(25)21-9-5-6-12(19)13(20)7-9/h1-7H,8H2,(H,21,25)(H,22,23,26). The molecular weight excluding hydrogens is 463 g/mol. The van der Waals surface area contributed by atoms with Gasteiger partial charge in [0.05, 0.1) is 26.4 Å². The van der Waals surface area contributed by atoms with Crippen LogP contribution in [0.15, 0.2) is 46.8 Å². The number of benzene rings is 2. The van der Waals surface area contributed by atoms with E-state index in [9.17, 15) is 9.59 Å². The minimum Gasteiger partial charge on any atom is -0.325 e. The van der Waals surface area contributed by atoms with Gasteiger partial charge in [-0.15, -0.1) is 10.2 Å². The van der Waals surface area contributed by atoms with E-state index in [4.69, 9.17) is 34.8 Å². The van der Waals surface area contributed by atoms with Gasteiger partial charge in [0.15, 0.2) is 4.34 Å². The summed E-state index contributed by atoms with van der Waals surface area (Å²) in [5.74, 6) is -0.497. The number of halogens is 3. The molecule has 28 heavy (non-hydrogen) atoms. The number of aromatic nitrogens is 2. The third-order valence-electron chi connectivity index (χ3n) is 3.28. The molecule has 0 radical (unpaired) electrons. The second-order valence-electron chi connectivity index (χ2n) is 5.27. The van der Waals surface area contributed by atoms with Crippen molar-refractivity contribution in [2.45, 2.75) is 4.34 Å². The molecule has 0 spiro atoms. The van der Waals surface area contributed by atoms with E-state index in [0.717, 1.165) is 11.3 Å². The first-order valence-electron chi connectivity index (χ1n) is 7.69. The van der Waals surface area contributed by atoms with Crippen LogP contribution in [0, 0.1) is 0 Å². The number of nitrogens with zero attached hydrogens (tertiary/aromatic N) is 2. The van der Waals surface area contributed by atoms with Crippen LogP contribution >= 0.6 is 57.9 Å². The van der Waals surface area contributed by atoms with Gasteiger partial charge in [-0.2, -0.15) is 0 Å². The number of hydrogen-bond donors (Lipinski definition) is 2. The molecule has 0 aliphatic rings. The highest BCUT2D eigenvalue weighted by Gasteiger charge is 2.14. The summed E-state index contributed by atoms with van der Waals surface area (Å²) < 4.78 is 0.541. The molecule has 1 aromatic heterocycles. The third kappa shape index (κ3) is 5.59. The lowest BCUT2D eigenvalue weighted by Gasteiger charge is -2.05. The fraction of sp³-hybridized carbons (Fsp3) is 0.0588. The summed E-state index contributed by atoms with van der Waals surface area (Å²) in [6.07, 6.45) is 0. The van der Waals surface area contributed by atoms with E-state index in [1.54, 1.807) is 42.5 Å². The van der Waals surface area contributed by atoms with Crippen LogP contribution in [0.25, 0.3) is 0 Å². The molecule has 6 nitrogen and oxygen atoms in total. The number of amides is 2. The second-order valence-corrected chi connectivity index (χ2v) is 8.69. The first-order valence-corrected chi connectivity index (χ1v) is 10.6. The minimum atomic E-state index is -0.379. The van der Waals surface area contributed by atoms with Crippen molar-refractivity contribution in [3.8, 4) is 0 Å². The number of nitrogens with one attached hydrogen (secondary N) is 2. The zero-order valence-electron chi connectivity index (χ0n) is 13.9. The Balaban J connectivity index is 1.53. The van der Waals surface area contributed by atoms with E-state index in [1.807, 2.05) is 0 Å². The van der Waals surface area contributed by atoms with Crippen LogP contribution in [0.3, 0.4) is 0 Å². The summed E-state index contributed by atoms with van der Waals surface area (Å²) >= 11 is 20.1. The fourth-order valence-corrected chi connectivity index (χ4v) is 4.09. The Hall–Kier alpha value is -1.84. The molecule has 11 heteroatoms. The highest BCUT2D eigenvalue weighted by atomic mass is 35.5. The van der Waals surface area contributed by atoms with Crippen LogP contribution < -0.4 is 10.6 Å². The predicted molar refractivity (Wildman–Crippen MR) is 115 cm³/mol. The van der Waals surface area contributed by atoms with Crippen molar-refractivity contribution in [1.82, 2.24) is 10.2 Å². The molecule has 2 amide bonds. The van der Waals surface area contributed by atoms with E-state index < -0.39 is 0 Å². The van der Waals surface area contributed by atoms with Gasteiger partial charge < -0.3 is 5.32 Å². The number of rotatable bonds is 6. The van der Waals surface area contributed by atoms with Crippen LogP contribution in [-0.4, -0.2) is 27.8 Å². The van der Waals surface area contributed by atoms with Gasteiger partial charge in [0.25, 0.3) is 5.91 Å². The van der Waals surface area contributed by atoms with Crippen molar-refractivity contribution in [2.24, 2.45) is 0 Å². The molecule has 0 aliphatic heterocycles. The van der Waals surface area contributed by atoms with E-state index >= 15 is 0 Å². The monoisotopic (exact) mass is 472 g/mol. The average molecular weight is 474 g/mol. The molecule has 0 aliphatic carbocycles. The summed E-state index contributed by atoms with van der Waals surface area (Å²) in [4.78, 5) is 24.3.